The van der Waals surface area contributed by atoms with E-state index in [9.17, 15) is 4.79 Å². The number of carbonyl (C=O) groups is 1. The number of aryl methyl sites for hydroxylation is 1. The zero-order chi connectivity index (χ0) is 23.7. The van der Waals surface area contributed by atoms with E-state index in [4.69, 9.17) is 9.72 Å². The number of amides is 1. The van der Waals surface area contributed by atoms with E-state index >= 15 is 0 Å². The highest BCUT2D eigenvalue weighted by atomic mass is 79.9. The van der Waals surface area contributed by atoms with Gasteiger partial charge in [0.1, 0.15) is 11.6 Å². The number of aromatic nitrogens is 2. The minimum atomic E-state index is -0.0931. The van der Waals surface area contributed by atoms with Crippen LogP contribution in [0.3, 0.4) is 0 Å². The van der Waals surface area contributed by atoms with E-state index in [1.54, 1.807) is 7.11 Å². The number of ether oxygens (including phenoxy) is 1. The zero-order valence-corrected chi connectivity index (χ0v) is 21.1. The summed E-state index contributed by atoms with van der Waals surface area (Å²) < 4.78 is 8.61. The number of imidazole rings is 1. The first kappa shape index (κ1) is 22.7. The SMILES string of the molecule is CCc1cc(C(=O)N2CCCCC2c2nc3ccccc3n2-c2ccc(OC)cc2)ccc1Br. The number of hydrogen-bond acceptors (Lipinski definition) is 3. The summed E-state index contributed by atoms with van der Waals surface area (Å²) in [6, 6.07) is 22.0. The van der Waals surface area contributed by atoms with Gasteiger partial charge in [-0.3, -0.25) is 9.36 Å². The third-order valence-electron chi connectivity index (χ3n) is 6.65. The number of hydrogen-bond donors (Lipinski definition) is 0. The Morgan fingerprint density at radius 1 is 1.09 bits per heavy atom. The van der Waals surface area contributed by atoms with E-state index in [1.165, 1.54) is 0 Å². The number of halogens is 1. The maximum atomic E-state index is 13.8. The van der Waals surface area contributed by atoms with Gasteiger partial charge in [0.15, 0.2) is 0 Å². The minimum absolute atomic E-state index is 0.0697. The molecule has 5 nitrogen and oxygen atoms in total. The molecule has 1 aromatic heterocycles. The molecular formula is C28H28BrN3O2. The lowest BCUT2D eigenvalue weighted by molar-refractivity contribution is 0.0598. The number of carbonyl (C=O) groups excluding carboxylic acids is 1. The predicted molar refractivity (Wildman–Crippen MR) is 139 cm³/mol. The first-order valence-corrected chi connectivity index (χ1v) is 12.6. The summed E-state index contributed by atoms with van der Waals surface area (Å²) in [6.07, 6.45) is 3.84. The first-order chi connectivity index (χ1) is 16.6. The van der Waals surface area contributed by atoms with Crippen molar-refractivity contribution in [1.82, 2.24) is 14.5 Å². The van der Waals surface area contributed by atoms with Crippen LogP contribution in [0.4, 0.5) is 0 Å². The number of likely N-dealkylation sites (tertiary alicyclic amines) is 1. The fourth-order valence-electron chi connectivity index (χ4n) is 4.86. The van der Waals surface area contributed by atoms with Crippen molar-refractivity contribution in [2.75, 3.05) is 13.7 Å². The van der Waals surface area contributed by atoms with E-state index in [1.807, 2.05) is 65.6 Å². The van der Waals surface area contributed by atoms with Crippen LogP contribution in [-0.2, 0) is 6.42 Å². The molecule has 1 unspecified atom stereocenters. The third kappa shape index (κ3) is 4.11. The predicted octanol–water partition coefficient (Wildman–Crippen LogP) is 6.73. The molecule has 0 spiro atoms. The molecule has 0 bridgehead atoms. The van der Waals surface area contributed by atoms with Crippen LogP contribution in [0.1, 0.15) is 54.0 Å². The Balaban J connectivity index is 1.60. The van der Waals surface area contributed by atoms with E-state index in [0.717, 1.165) is 76.1 Å². The Bertz CT molecular complexity index is 1330. The second-order valence-corrected chi connectivity index (χ2v) is 9.52. The molecule has 0 aliphatic carbocycles. The van der Waals surface area contributed by atoms with Crippen LogP contribution in [-0.4, -0.2) is 34.0 Å². The summed E-state index contributed by atoms with van der Waals surface area (Å²) in [5.74, 6) is 1.79. The monoisotopic (exact) mass is 517 g/mol. The smallest absolute Gasteiger partial charge is 0.254 e. The molecule has 174 valence electrons. The molecule has 1 aliphatic heterocycles. The molecule has 4 aromatic rings. The van der Waals surface area contributed by atoms with Gasteiger partial charge in [-0.05, 0) is 85.8 Å². The van der Waals surface area contributed by atoms with Gasteiger partial charge in [0.25, 0.3) is 5.91 Å². The number of nitrogens with zero attached hydrogens (tertiary/aromatic N) is 3. The number of benzene rings is 3. The molecule has 0 N–H and O–H groups in total. The number of fused-ring (bicyclic) bond motifs is 1. The van der Waals surface area contributed by atoms with Crippen LogP contribution in [0.15, 0.2) is 71.2 Å². The van der Waals surface area contributed by atoms with E-state index in [0.29, 0.717) is 0 Å². The third-order valence-corrected chi connectivity index (χ3v) is 7.43. The largest absolute Gasteiger partial charge is 0.497 e. The molecular weight excluding hydrogens is 490 g/mol. The van der Waals surface area contributed by atoms with Crippen LogP contribution in [0.25, 0.3) is 16.7 Å². The van der Waals surface area contributed by atoms with Crippen LogP contribution in [0.5, 0.6) is 5.75 Å². The van der Waals surface area contributed by atoms with Crippen LogP contribution >= 0.6 is 15.9 Å². The van der Waals surface area contributed by atoms with E-state index < -0.39 is 0 Å². The normalized spacial score (nSPS) is 16.1. The van der Waals surface area contributed by atoms with Crippen molar-refractivity contribution in [1.29, 1.82) is 0 Å². The van der Waals surface area contributed by atoms with Crippen molar-refractivity contribution >= 4 is 32.9 Å². The second-order valence-electron chi connectivity index (χ2n) is 8.66. The maximum Gasteiger partial charge on any atom is 0.254 e. The van der Waals surface area contributed by atoms with E-state index in [2.05, 4.69) is 33.5 Å². The van der Waals surface area contributed by atoms with Gasteiger partial charge in [-0.25, -0.2) is 4.98 Å². The molecule has 2 heterocycles. The van der Waals surface area contributed by atoms with Gasteiger partial charge in [-0.2, -0.15) is 0 Å². The molecule has 1 aliphatic rings. The Labute approximate surface area is 208 Å². The molecule has 1 amide bonds. The fraction of sp³-hybridized carbons (Fsp3) is 0.286. The van der Waals surface area contributed by atoms with E-state index in [-0.39, 0.29) is 11.9 Å². The van der Waals surface area contributed by atoms with Gasteiger partial charge in [0.2, 0.25) is 0 Å². The molecule has 1 saturated heterocycles. The maximum absolute atomic E-state index is 13.8. The Morgan fingerprint density at radius 2 is 1.88 bits per heavy atom. The van der Waals surface area contributed by atoms with Gasteiger partial charge < -0.3 is 9.64 Å². The highest BCUT2D eigenvalue weighted by molar-refractivity contribution is 9.10. The number of methoxy groups -OCH3 is 1. The lowest BCUT2D eigenvalue weighted by atomic mass is 9.99. The quantitative estimate of drug-likeness (QED) is 0.295. The molecule has 1 fully saturated rings. The van der Waals surface area contributed by atoms with Crippen LogP contribution in [0, 0.1) is 0 Å². The van der Waals surface area contributed by atoms with Gasteiger partial charge >= 0.3 is 0 Å². The van der Waals surface area contributed by atoms with Crippen molar-refractivity contribution in [3.8, 4) is 11.4 Å². The Kier molecular flexibility index (Phi) is 6.42. The van der Waals surface area contributed by atoms with Crippen molar-refractivity contribution in [3.05, 3.63) is 88.2 Å². The molecule has 0 saturated carbocycles. The van der Waals surface area contributed by atoms with Crippen molar-refractivity contribution in [2.45, 2.75) is 38.6 Å². The zero-order valence-electron chi connectivity index (χ0n) is 19.5. The molecule has 5 rings (SSSR count). The van der Waals surface area contributed by atoms with Gasteiger partial charge in [0.05, 0.1) is 24.2 Å². The summed E-state index contributed by atoms with van der Waals surface area (Å²) in [5, 5.41) is 0. The van der Waals surface area contributed by atoms with Gasteiger partial charge in [-0.15, -0.1) is 0 Å². The second kappa shape index (κ2) is 9.63. The minimum Gasteiger partial charge on any atom is -0.497 e. The Hall–Kier alpha value is -3.12. The fourth-order valence-corrected chi connectivity index (χ4v) is 5.39. The summed E-state index contributed by atoms with van der Waals surface area (Å²) in [5.41, 5.74) is 4.86. The summed E-state index contributed by atoms with van der Waals surface area (Å²) in [6.45, 7) is 2.84. The molecule has 34 heavy (non-hydrogen) atoms. The van der Waals surface area contributed by atoms with Crippen molar-refractivity contribution < 1.29 is 9.53 Å². The lowest BCUT2D eigenvalue weighted by Crippen LogP contribution is -2.39. The topological polar surface area (TPSA) is 47.4 Å². The van der Waals surface area contributed by atoms with Crippen LogP contribution < -0.4 is 4.74 Å². The molecule has 0 radical (unpaired) electrons. The highest BCUT2D eigenvalue weighted by Gasteiger charge is 2.33. The highest BCUT2D eigenvalue weighted by Crippen LogP contribution is 2.36. The summed E-state index contributed by atoms with van der Waals surface area (Å²) >= 11 is 3.60. The summed E-state index contributed by atoms with van der Waals surface area (Å²) in [7, 11) is 1.67. The van der Waals surface area contributed by atoms with Gasteiger partial charge in [-0.1, -0.05) is 35.0 Å². The Morgan fingerprint density at radius 3 is 2.65 bits per heavy atom. The van der Waals surface area contributed by atoms with Gasteiger partial charge in [0, 0.05) is 22.3 Å². The standard InChI is InChI=1S/C28H28BrN3O2/c1-3-19-18-20(11-16-23(19)29)28(33)31-17-7-6-10-26(31)27-30-24-8-4-5-9-25(24)32(27)21-12-14-22(34-2)15-13-21/h4-5,8-9,11-16,18,26H,3,6-7,10,17H2,1-2H3. The van der Waals surface area contributed by atoms with Crippen molar-refractivity contribution in [2.24, 2.45) is 0 Å². The molecule has 1 atom stereocenters. The number of rotatable bonds is 5. The molecule has 6 heteroatoms. The average molecular weight is 518 g/mol. The number of piperidine rings is 1. The number of para-hydroxylation sites is 2. The van der Waals surface area contributed by atoms with Crippen molar-refractivity contribution in [3.63, 3.8) is 0 Å². The summed E-state index contributed by atoms with van der Waals surface area (Å²) in [4.78, 5) is 20.8. The van der Waals surface area contributed by atoms with Crippen LogP contribution in [0.2, 0.25) is 0 Å². The molecule has 3 aromatic carbocycles. The lowest BCUT2D eigenvalue weighted by Gasteiger charge is -2.35. The average Bonchev–Trinajstić information content (AvgIpc) is 3.28. The first-order valence-electron chi connectivity index (χ1n) is 11.8.